The maximum Gasteiger partial charge on any atom is 0.156 e. The van der Waals surface area contributed by atoms with E-state index < -0.39 is 0 Å². The van der Waals surface area contributed by atoms with Crippen molar-refractivity contribution in [1.29, 1.82) is 0 Å². The van der Waals surface area contributed by atoms with Gasteiger partial charge in [-0.3, -0.25) is 0 Å². The van der Waals surface area contributed by atoms with Crippen molar-refractivity contribution in [2.75, 3.05) is 0 Å². The molecule has 0 spiro atoms. The van der Waals surface area contributed by atoms with Crippen LogP contribution < -0.4 is 0 Å². The summed E-state index contributed by atoms with van der Waals surface area (Å²) in [5.41, 5.74) is 0.777. The summed E-state index contributed by atoms with van der Waals surface area (Å²) in [6.45, 7) is 21.8. The summed E-state index contributed by atoms with van der Waals surface area (Å²) in [7, 11) is 0. The zero-order chi connectivity index (χ0) is 20.0. The predicted molar refractivity (Wildman–Crippen MR) is 105 cm³/mol. The van der Waals surface area contributed by atoms with Gasteiger partial charge in [-0.15, -0.1) is 5.10 Å². The van der Waals surface area contributed by atoms with Crippen molar-refractivity contribution in [3.63, 3.8) is 0 Å². The highest BCUT2D eigenvalue weighted by molar-refractivity contribution is 5.08. The lowest BCUT2D eigenvalue weighted by Crippen LogP contribution is -2.31. The lowest BCUT2D eigenvalue weighted by molar-refractivity contribution is 0.251. The number of hydrogen-bond acceptors (Lipinski definition) is 4. The molecule has 0 aliphatic rings. The van der Waals surface area contributed by atoms with Crippen LogP contribution in [-0.2, 0) is 21.9 Å². The number of hydrogen-bond donors (Lipinski definition) is 0. The molecule has 0 amide bonds. The minimum Gasteiger partial charge on any atom is -0.247 e. The molecule has 2 heterocycles. The molecule has 26 heavy (non-hydrogen) atoms. The Kier molecular flexibility index (Phi) is 5.12. The van der Waals surface area contributed by atoms with Crippen molar-refractivity contribution < 1.29 is 0 Å². The van der Waals surface area contributed by atoms with Crippen LogP contribution in [0.15, 0.2) is 12.5 Å². The number of nitrogens with zero attached hydrogens (tertiary/aromatic N) is 6. The van der Waals surface area contributed by atoms with E-state index in [0.717, 1.165) is 24.4 Å². The van der Waals surface area contributed by atoms with Gasteiger partial charge >= 0.3 is 0 Å². The van der Waals surface area contributed by atoms with Crippen molar-refractivity contribution in [2.24, 2.45) is 0 Å². The molecular weight excluding hydrogens is 324 g/mol. The molecular formula is C20H36N6. The molecule has 0 radical (unpaired) electrons. The van der Waals surface area contributed by atoms with E-state index in [-0.39, 0.29) is 21.9 Å². The van der Waals surface area contributed by atoms with E-state index in [1.807, 2.05) is 15.7 Å². The van der Waals surface area contributed by atoms with Crippen molar-refractivity contribution in [3.05, 3.63) is 24.0 Å². The Balaban J connectivity index is 2.12. The summed E-state index contributed by atoms with van der Waals surface area (Å²) in [6, 6.07) is 0. The molecule has 6 nitrogen and oxygen atoms in total. The minimum atomic E-state index is -0.111. The quantitative estimate of drug-likeness (QED) is 0.792. The zero-order valence-electron chi connectivity index (χ0n) is 18.3. The van der Waals surface area contributed by atoms with Gasteiger partial charge < -0.3 is 0 Å². The van der Waals surface area contributed by atoms with E-state index in [2.05, 4.69) is 90.7 Å². The average Bonchev–Trinajstić information content (AvgIpc) is 3.13. The zero-order valence-corrected chi connectivity index (χ0v) is 18.3. The molecule has 0 bridgehead atoms. The Bertz CT molecular complexity index is 673. The molecule has 146 valence electrons. The second-order valence-corrected chi connectivity index (χ2v) is 10.7. The first-order chi connectivity index (χ1) is 11.6. The van der Waals surface area contributed by atoms with E-state index in [1.54, 1.807) is 0 Å². The molecule has 0 aliphatic carbocycles. The Labute approximate surface area is 158 Å². The van der Waals surface area contributed by atoms with E-state index in [1.165, 1.54) is 0 Å². The fourth-order valence-electron chi connectivity index (χ4n) is 2.64. The molecule has 0 aromatic carbocycles. The summed E-state index contributed by atoms with van der Waals surface area (Å²) in [5.74, 6) is 0.900. The summed E-state index contributed by atoms with van der Waals surface area (Å²) < 4.78 is 3.95. The average molecular weight is 361 g/mol. The number of rotatable bonds is 5. The van der Waals surface area contributed by atoms with Crippen LogP contribution in [0.25, 0.3) is 0 Å². The van der Waals surface area contributed by atoms with Crippen LogP contribution in [-0.4, -0.2) is 29.8 Å². The highest BCUT2D eigenvalue weighted by Gasteiger charge is 2.32. The topological polar surface area (TPSA) is 61.4 Å². The monoisotopic (exact) mass is 360 g/mol. The predicted octanol–water partition coefficient (Wildman–Crippen LogP) is 4.42. The SMILES string of the molecule is CC(C)(C)c1cn(C(C)(C)CCC(C)(C)c2ncn(C(C)(C)C)n2)nn1. The van der Waals surface area contributed by atoms with Gasteiger partial charge in [-0.2, -0.15) is 5.10 Å². The molecule has 0 aliphatic heterocycles. The Morgan fingerprint density at radius 1 is 0.846 bits per heavy atom. The van der Waals surface area contributed by atoms with E-state index in [9.17, 15) is 0 Å². The lowest BCUT2D eigenvalue weighted by atomic mass is 9.82. The van der Waals surface area contributed by atoms with Gasteiger partial charge in [-0.25, -0.2) is 14.3 Å². The van der Waals surface area contributed by atoms with E-state index >= 15 is 0 Å². The first kappa shape index (κ1) is 20.6. The van der Waals surface area contributed by atoms with E-state index in [0.29, 0.717) is 0 Å². The summed E-state index contributed by atoms with van der Waals surface area (Å²) in [5, 5.41) is 13.5. The first-order valence-corrected chi connectivity index (χ1v) is 9.49. The van der Waals surface area contributed by atoms with Crippen LogP contribution in [0.4, 0.5) is 0 Å². The fraction of sp³-hybridized carbons (Fsp3) is 0.800. The van der Waals surface area contributed by atoms with Crippen molar-refractivity contribution in [2.45, 2.75) is 104 Å². The highest BCUT2D eigenvalue weighted by Crippen LogP contribution is 2.32. The van der Waals surface area contributed by atoms with Gasteiger partial charge in [0, 0.05) is 17.0 Å². The Morgan fingerprint density at radius 3 is 1.92 bits per heavy atom. The third-order valence-corrected chi connectivity index (χ3v) is 5.03. The molecule has 0 N–H and O–H groups in total. The van der Waals surface area contributed by atoms with Crippen LogP contribution in [0, 0.1) is 0 Å². The molecule has 2 aromatic heterocycles. The standard InChI is InChI=1S/C20H36N6/c1-17(2,3)15-13-25(24-22-15)20(9,10)12-11-19(7,8)16-21-14-26(23-16)18(4,5)6/h13-14H,11-12H2,1-10H3. The molecule has 2 aromatic rings. The first-order valence-electron chi connectivity index (χ1n) is 9.49. The van der Waals surface area contributed by atoms with E-state index in [4.69, 9.17) is 5.10 Å². The smallest absolute Gasteiger partial charge is 0.156 e. The second-order valence-electron chi connectivity index (χ2n) is 10.7. The Morgan fingerprint density at radius 2 is 1.46 bits per heavy atom. The van der Waals surface area contributed by atoms with Crippen LogP contribution in [0.3, 0.4) is 0 Å². The molecule has 6 heteroatoms. The van der Waals surface area contributed by atoms with Crippen LogP contribution >= 0.6 is 0 Å². The normalized spacial score (nSPS) is 14.1. The van der Waals surface area contributed by atoms with Gasteiger partial charge in [-0.05, 0) is 47.5 Å². The molecule has 0 fully saturated rings. The van der Waals surface area contributed by atoms with Gasteiger partial charge in [0.15, 0.2) is 5.82 Å². The minimum absolute atomic E-state index is 0.0112. The fourth-order valence-corrected chi connectivity index (χ4v) is 2.64. The highest BCUT2D eigenvalue weighted by atomic mass is 15.4. The molecule has 0 saturated carbocycles. The maximum absolute atomic E-state index is 4.73. The van der Waals surface area contributed by atoms with Crippen LogP contribution in [0.2, 0.25) is 0 Å². The van der Waals surface area contributed by atoms with Crippen molar-refractivity contribution >= 4 is 0 Å². The molecule has 0 saturated heterocycles. The molecule has 0 unspecified atom stereocenters. The van der Waals surface area contributed by atoms with Crippen molar-refractivity contribution in [1.82, 2.24) is 29.8 Å². The number of aromatic nitrogens is 6. The summed E-state index contributed by atoms with van der Waals surface area (Å²) in [4.78, 5) is 4.58. The van der Waals surface area contributed by atoms with Gasteiger partial charge in [0.25, 0.3) is 0 Å². The van der Waals surface area contributed by atoms with Crippen LogP contribution in [0.5, 0.6) is 0 Å². The lowest BCUT2D eigenvalue weighted by Gasteiger charge is -2.30. The van der Waals surface area contributed by atoms with Gasteiger partial charge in [0.05, 0.1) is 16.8 Å². The van der Waals surface area contributed by atoms with Gasteiger partial charge in [0.1, 0.15) is 6.33 Å². The maximum atomic E-state index is 4.73. The third kappa shape index (κ3) is 4.51. The molecule has 0 atom stereocenters. The summed E-state index contributed by atoms with van der Waals surface area (Å²) in [6.07, 6.45) is 5.87. The van der Waals surface area contributed by atoms with Gasteiger partial charge in [-0.1, -0.05) is 39.8 Å². The molecule has 2 rings (SSSR count). The Hall–Kier alpha value is -1.72. The van der Waals surface area contributed by atoms with Crippen molar-refractivity contribution in [3.8, 4) is 0 Å². The van der Waals surface area contributed by atoms with Crippen LogP contribution in [0.1, 0.15) is 93.6 Å². The summed E-state index contributed by atoms with van der Waals surface area (Å²) >= 11 is 0. The second kappa shape index (κ2) is 6.46. The largest absolute Gasteiger partial charge is 0.247 e. The van der Waals surface area contributed by atoms with Gasteiger partial charge in [0.2, 0.25) is 0 Å². The third-order valence-electron chi connectivity index (χ3n) is 5.03.